The van der Waals surface area contributed by atoms with E-state index in [1.165, 1.54) is 0 Å². The van der Waals surface area contributed by atoms with Crippen LogP contribution in [0, 0.1) is 0 Å². The third kappa shape index (κ3) is 1.51. The number of aryl methyl sites for hydroxylation is 1. The smallest absolute Gasteiger partial charge is 0.244 e. The SMILES string of the molecule is CCCc1nc2ccccc2c2nc(=O)[nH]n12. The molecule has 3 rings (SSSR count). The van der Waals surface area contributed by atoms with E-state index in [2.05, 4.69) is 22.0 Å². The van der Waals surface area contributed by atoms with Crippen molar-refractivity contribution in [1.82, 2.24) is 19.6 Å². The summed E-state index contributed by atoms with van der Waals surface area (Å²) in [6.07, 6.45) is 1.79. The molecular weight excluding hydrogens is 216 g/mol. The van der Waals surface area contributed by atoms with E-state index in [1.54, 1.807) is 4.52 Å². The normalized spacial score (nSPS) is 11.4. The number of aromatic amines is 1. The maximum absolute atomic E-state index is 11.4. The van der Waals surface area contributed by atoms with Crippen LogP contribution in [0.4, 0.5) is 0 Å². The van der Waals surface area contributed by atoms with E-state index in [1.807, 2.05) is 24.3 Å². The maximum Gasteiger partial charge on any atom is 0.362 e. The molecule has 0 aliphatic rings. The second-order valence-corrected chi connectivity index (χ2v) is 3.98. The molecule has 0 bridgehead atoms. The Labute approximate surface area is 97.1 Å². The minimum atomic E-state index is -0.333. The van der Waals surface area contributed by atoms with E-state index in [-0.39, 0.29) is 5.69 Å². The first-order valence-corrected chi connectivity index (χ1v) is 5.66. The van der Waals surface area contributed by atoms with Crippen molar-refractivity contribution >= 4 is 16.6 Å². The summed E-state index contributed by atoms with van der Waals surface area (Å²) < 4.78 is 1.69. The van der Waals surface area contributed by atoms with Crippen LogP contribution in [0.3, 0.4) is 0 Å². The number of aromatic nitrogens is 4. The molecule has 2 heterocycles. The van der Waals surface area contributed by atoms with Crippen LogP contribution < -0.4 is 5.69 Å². The van der Waals surface area contributed by atoms with Gasteiger partial charge in [-0.3, -0.25) is 0 Å². The first kappa shape index (κ1) is 10.0. The third-order valence-corrected chi connectivity index (χ3v) is 2.75. The van der Waals surface area contributed by atoms with Gasteiger partial charge in [0.2, 0.25) is 0 Å². The molecule has 0 aliphatic heterocycles. The predicted molar refractivity (Wildman–Crippen MR) is 65.1 cm³/mol. The Kier molecular flexibility index (Phi) is 2.18. The van der Waals surface area contributed by atoms with Crippen LogP contribution in [0.15, 0.2) is 29.1 Å². The van der Waals surface area contributed by atoms with Crippen molar-refractivity contribution in [2.24, 2.45) is 0 Å². The van der Waals surface area contributed by atoms with Crippen molar-refractivity contribution in [3.63, 3.8) is 0 Å². The Bertz CT molecular complexity index is 741. The van der Waals surface area contributed by atoms with E-state index < -0.39 is 0 Å². The van der Waals surface area contributed by atoms with Crippen molar-refractivity contribution in [2.45, 2.75) is 19.8 Å². The molecule has 0 spiro atoms. The standard InChI is InChI=1S/C12H12N4O/c1-2-5-10-13-9-7-4-3-6-8(9)11-14-12(17)15-16(10)11/h3-4,6-7H,2,5H2,1H3,(H,15,17). The highest BCUT2D eigenvalue weighted by molar-refractivity contribution is 5.90. The van der Waals surface area contributed by atoms with Gasteiger partial charge in [-0.2, -0.15) is 4.98 Å². The lowest BCUT2D eigenvalue weighted by molar-refractivity contribution is 0.764. The molecule has 5 nitrogen and oxygen atoms in total. The van der Waals surface area contributed by atoms with Crippen molar-refractivity contribution in [1.29, 1.82) is 0 Å². The first-order chi connectivity index (χ1) is 8.29. The fourth-order valence-corrected chi connectivity index (χ4v) is 2.03. The maximum atomic E-state index is 11.4. The van der Waals surface area contributed by atoms with Crippen LogP contribution in [0.25, 0.3) is 16.6 Å². The van der Waals surface area contributed by atoms with Gasteiger partial charge < -0.3 is 0 Å². The number of fused-ring (bicyclic) bond motifs is 3. The monoisotopic (exact) mass is 228 g/mol. The molecule has 0 fully saturated rings. The first-order valence-electron chi connectivity index (χ1n) is 5.66. The molecule has 0 atom stereocenters. The van der Waals surface area contributed by atoms with Crippen molar-refractivity contribution in [3.05, 3.63) is 40.6 Å². The molecule has 2 aromatic heterocycles. The van der Waals surface area contributed by atoms with Gasteiger partial charge in [0.25, 0.3) is 0 Å². The molecule has 0 saturated carbocycles. The number of H-pyrrole nitrogens is 1. The second-order valence-electron chi connectivity index (χ2n) is 3.98. The largest absolute Gasteiger partial charge is 0.362 e. The zero-order valence-electron chi connectivity index (χ0n) is 9.47. The average molecular weight is 228 g/mol. The molecule has 17 heavy (non-hydrogen) atoms. The van der Waals surface area contributed by atoms with Crippen LogP contribution in [-0.4, -0.2) is 19.6 Å². The topological polar surface area (TPSA) is 63.0 Å². The Morgan fingerprint density at radius 3 is 2.94 bits per heavy atom. The molecule has 86 valence electrons. The van der Waals surface area contributed by atoms with Crippen LogP contribution in [-0.2, 0) is 6.42 Å². The Morgan fingerprint density at radius 1 is 1.29 bits per heavy atom. The van der Waals surface area contributed by atoms with E-state index >= 15 is 0 Å². The van der Waals surface area contributed by atoms with Gasteiger partial charge in [-0.05, 0) is 18.6 Å². The Balaban J connectivity index is 2.49. The molecule has 0 saturated heterocycles. The quantitative estimate of drug-likeness (QED) is 0.723. The van der Waals surface area contributed by atoms with E-state index in [0.717, 1.165) is 29.6 Å². The number of hydrogen-bond acceptors (Lipinski definition) is 3. The Morgan fingerprint density at radius 2 is 2.12 bits per heavy atom. The average Bonchev–Trinajstić information content (AvgIpc) is 2.72. The summed E-state index contributed by atoms with van der Waals surface area (Å²) in [5, 5.41) is 3.59. The van der Waals surface area contributed by atoms with Crippen LogP contribution in [0.2, 0.25) is 0 Å². The lowest BCUT2D eigenvalue weighted by Gasteiger charge is -2.05. The van der Waals surface area contributed by atoms with Crippen LogP contribution in [0.1, 0.15) is 19.2 Å². The number of para-hydroxylation sites is 1. The number of nitrogens with zero attached hydrogens (tertiary/aromatic N) is 3. The molecular formula is C12H12N4O. The predicted octanol–water partition coefficient (Wildman–Crippen LogP) is 1.52. The minimum Gasteiger partial charge on any atom is -0.244 e. The van der Waals surface area contributed by atoms with Gasteiger partial charge in [0.1, 0.15) is 5.82 Å². The molecule has 0 unspecified atom stereocenters. The molecule has 0 aliphatic carbocycles. The molecule has 5 heteroatoms. The summed E-state index contributed by atoms with van der Waals surface area (Å²) in [4.78, 5) is 19.9. The van der Waals surface area contributed by atoms with Crippen molar-refractivity contribution < 1.29 is 0 Å². The van der Waals surface area contributed by atoms with Gasteiger partial charge in [-0.1, -0.05) is 19.1 Å². The van der Waals surface area contributed by atoms with Crippen molar-refractivity contribution in [3.8, 4) is 0 Å². The zero-order chi connectivity index (χ0) is 11.8. The number of hydrogen-bond donors (Lipinski definition) is 1. The van der Waals surface area contributed by atoms with Gasteiger partial charge in [-0.25, -0.2) is 19.4 Å². The molecule has 1 aromatic carbocycles. The summed E-state index contributed by atoms with van der Waals surface area (Å²) in [6.45, 7) is 2.08. The summed E-state index contributed by atoms with van der Waals surface area (Å²) in [7, 11) is 0. The lowest BCUT2D eigenvalue weighted by atomic mass is 10.2. The second kappa shape index (κ2) is 3.69. The van der Waals surface area contributed by atoms with E-state index in [0.29, 0.717) is 5.65 Å². The molecule has 0 amide bonds. The summed E-state index contributed by atoms with van der Waals surface area (Å²) in [5.41, 5.74) is 1.20. The number of rotatable bonds is 2. The van der Waals surface area contributed by atoms with Gasteiger partial charge in [0, 0.05) is 11.8 Å². The zero-order valence-corrected chi connectivity index (χ0v) is 9.47. The Hall–Kier alpha value is -2.17. The van der Waals surface area contributed by atoms with E-state index in [4.69, 9.17) is 0 Å². The van der Waals surface area contributed by atoms with Gasteiger partial charge in [0.15, 0.2) is 5.65 Å². The third-order valence-electron chi connectivity index (χ3n) is 2.75. The highest BCUT2D eigenvalue weighted by atomic mass is 16.1. The lowest BCUT2D eigenvalue weighted by Crippen LogP contribution is -2.06. The summed E-state index contributed by atoms with van der Waals surface area (Å²) in [6, 6.07) is 7.72. The molecule has 3 aromatic rings. The fraction of sp³-hybridized carbons (Fsp3) is 0.250. The number of nitrogens with one attached hydrogen (secondary N) is 1. The molecule has 1 N–H and O–H groups in total. The van der Waals surface area contributed by atoms with Gasteiger partial charge >= 0.3 is 5.69 Å². The van der Waals surface area contributed by atoms with Gasteiger partial charge in [-0.15, -0.1) is 0 Å². The highest BCUT2D eigenvalue weighted by Crippen LogP contribution is 2.16. The summed E-state index contributed by atoms with van der Waals surface area (Å²) >= 11 is 0. The summed E-state index contributed by atoms with van der Waals surface area (Å²) in [5.74, 6) is 0.843. The fourth-order valence-electron chi connectivity index (χ4n) is 2.03. The minimum absolute atomic E-state index is 0.333. The molecule has 0 radical (unpaired) electrons. The van der Waals surface area contributed by atoms with Crippen LogP contribution in [0.5, 0.6) is 0 Å². The van der Waals surface area contributed by atoms with Gasteiger partial charge in [0.05, 0.1) is 5.52 Å². The number of benzene rings is 1. The highest BCUT2D eigenvalue weighted by Gasteiger charge is 2.09. The van der Waals surface area contributed by atoms with Crippen molar-refractivity contribution in [2.75, 3.05) is 0 Å². The van der Waals surface area contributed by atoms with Crippen LogP contribution >= 0.6 is 0 Å². The van der Waals surface area contributed by atoms with E-state index in [9.17, 15) is 4.79 Å².